The van der Waals surface area contributed by atoms with Crippen molar-refractivity contribution in [2.24, 2.45) is 5.73 Å². The Morgan fingerprint density at radius 3 is 2.71 bits per heavy atom. The number of ether oxygens (including phenoxy) is 1. The lowest BCUT2D eigenvalue weighted by Gasteiger charge is -2.07. The van der Waals surface area contributed by atoms with Gasteiger partial charge in [-0.05, 0) is 24.3 Å². The molecule has 2 N–H and O–H groups in total. The molecule has 0 aliphatic rings. The molecule has 2 aromatic carbocycles. The first-order valence-corrected chi connectivity index (χ1v) is 7.19. The zero-order valence-corrected chi connectivity index (χ0v) is 12.7. The topological polar surface area (TPSA) is 66.0 Å². The van der Waals surface area contributed by atoms with Gasteiger partial charge in [0.25, 0.3) is 0 Å². The molecule has 0 aliphatic carbocycles. The summed E-state index contributed by atoms with van der Waals surface area (Å²) in [7, 11) is 0. The molecule has 0 fully saturated rings. The number of para-hydroxylation sites is 1. The highest BCUT2D eigenvalue weighted by Gasteiger charge is 2.09. The molecule has 0 amide bonds. The van der Waals surface area contributed by atoms with Crippen LogP contribution in [0.15, 0.2) is 59.3 Å². The van der Waals surface area contributed by atoms with Gasteiger partial charge in [-0.1, -0.05) is 40.2 Å². The van der Waals surface area contributed by atoms with Crippen molar-refractivity contribution in [1.82, 2.24) is 14.8 Å². The van der Waals surface area contributed by atoms with Crippen molar-refractivity contribution in [3.8, 4) is 17.4 Å². The van der Waals surface area contributed by atoms with Gasteiger partial charge in [-0.25, -0.2) is 4.68 Å². The first-order valence-electron chi connectivity index (χ1n) is 6.39. The largest absolute Gasteiger partial charge is 0.423 e. The predicted octanol–water partition coefficient (Wildman–Crippen LogP) is 3.28. The minimum Gasteiger partial charge on any atom is -0.423 e. The highest BCUT2D eigenvalue weighted by Crippen LogP contribution is 2.26. The van der Waals surface area contributed by atoms with Crippen molar-refractivity contribution < 1.29 is 4.74 Å². The number of rotatable bonds is 4. The second-order valence-electron chi connectivity index (χ2n) is 4.37. The standard InChI is InChI=1S/C15H13BrN4O/c16-12-7-6-11(9-17)14(8-12)21-15-18-10-20(19-15)13-4-2-1-3-5-13/h1-8,10H,9,17H2. The van der Waals surface area contributed by atoms with Gasteiger partial charge in [0, 0.05) is 16.6 Å². The fourth-order valence-electron chi connectivity index (χ4n) is 1.89. The SMILES string of the molecule is NCc1ccc(Br)cc1Oc1ncn(-c2ccccc2)n1. The molecule has 0 aliphatic heterocycles. The van der Waals surface area contributed by atoms with E-state index in [4.69, 9.17) is 10.5 Å². The Labute approximate surface area is 130 Å². The van der Waals surface area contributed by atoms with Gasteiger partial charge in [0.2, 0.25) is 0 Å². The summed E-state index contributed by atoms with van der Waals surface area (Å²) < 4.78 is 8.31. The van der Waals surface area contributed by atoms with E-state index in [1.165, 1.54) is 0 Å². The number of hydrogen-bond acceptors (Lipinski definition) is 4. The van der Waals surface area contributed by atoms with E-state index in [-0.39, 0.29) is 6.01 Å². The van der Waals surface area contributed by atoms with Crippen LogP contribution in [0.25, 0.3) is 5.69 Å². The molecule has 106 valence electrons. The lowest BCUT2D eigenvalue weighted by molar-refractivity contribution is 0.436. The predicted molar refractivity (Wildman–Crippen MR) is 83.5 cm³/mol. The molecule has 5 nitrogen and oxygen atoms in total. The van der Waals surface area contributed by atoms with Crippen LogP contribution >= 0.6 is 15.9 Å². The van der Waals surface area contributed by atoms with Gasteiger partial charge >= 0.3 is 6.01 Å². The number of benzene rings is 2. The Kier molecular flexibility index (Phi) is 3.98. The average Bonchev–Trinajstić information content (AvgIpc) is 2.97. The van der Waals surface area contributed by atoms with E-state index in [0.717, 1.165) is 15.7 Å². The van der Waals surface area contributed by atoms with E-state index in [0.29, 0.717) is 12.3 Å². The quantitative estimate of drug-likeness (QED) is 0.788. The van der Waals surface area contributed by atoms with Crippen molar-refractivity contribution in [3.63, 3.8) is 0 Å². The Morgan fingerprint density at radius 2 is 1.95 bits per heavy atom. The fourth-order valence-corrected chi connectivity index (χ4v) is 2.23. The number of halogens is 1. The zero-order valence-electron chi connectivity index (χ0n) is 11.1. The van der Waals surface area contributed by atoms with Gasteiger partial charge in [-0.2, -0.15) is 4.98 Å². The van der Waals surface area contributed by atoms with E-state index >= 15 is 0 Å². The third kappa shape index (κ3) is 3.12. The molecule has 3 aromatic rings. The second-order valence-corrected chi connectivity index (χ2v) is 5.28. The van der Waals surface area contributed by atoms with Crippen LogP contribution in [0, 0.1) is 0 Å². The average molecular weight is 345 g/mol. The number of nitrogens with two attached hydrogens (primary N) is 1. The summed E-state index contributed by atoms with van der Waals surface area (Å²) in [6, 6.07) is 15.7. The number of nitrogens with zero attached hydrogens (tertiary/aromatic N) is 3. The second kappa shape index (κ2) is 6.07. The van der Waals surface area contributed by atoms with Crippen LogP contribution in [0.3, 0.4) is 0 Å². The Hall–Kier alpha value is -2.18. The molecule has 0 saturated carbocycles. The minimum absolute atomic E-state index is 0.284. The third-order valence-corrected chi connectivity index (χ3v) is 3.44. The first-order chi connectivity index (χ1) is 10.3. The normalized spacial score (nSPS) is 10.6. The molecule has 1 heterocycles. The Bertz CT molecular complexity index is 742. The first kappa shape index (κ1) is 13.8. The molecule has 0 spiro atoms. The van der Waals surface area contributed by atoms with E-state index in [1.54, 1.807) is 11.0 Å². The highest BCUT2D eigenvalue weighted by atomic mass is 79.9. The van der Waals surface area contributed by atoms with Crippen LogP contribution in [0.2, 0.25) is 0 Å². The summed E-state index contributed by atoms with van der Waals surface area (Å²) in [5, 5.41) is 4.31. The van der Waals surface area contributed by atoms with Crippen molar-refractivity contribution >= 4 is 15.9 Å². The van der Waals surface area contributed by atoms with Gasteiger partial charge in [0.05, 0.1) is 5.69 Å². The van der Waals surface area contributed by atoms with Gasteiger partial charge in [0.1, 0.15) is 12.1 Å². The molecule has 1 aromatic heterocycles. The summed E-state index contributed by atoms with van der Waals surface area (Å²) in [6.45, 7) is 0.391. The van der Waals surface area contributed by atoms with Gasteiger partial charge in [-0.3, -0.25) is 0 Å². The molecular formula is C15H13BrN4O. The molecule has 0 radical (unpaired) electrons. The van der Waals surface area contributed by atoms with Crippen LogP contribution in [0.4, 0.5) is 0 Å². The van der Waals surface area contributed by atoms with Crippen LogP contribution in [0.5, 0.6) is 11.8 Å². The van der Waals surface area contributed by atoms with Crippen LogP contribution in [-0.4, -0.2) is 14.8 Å². The van der Waals surface area contributed by atoms with Crippen LogP contribution in [-0.2, 0) is 6.54 Å². The Balaban J connectivity index is 1.87. The van der Waals surface area contributed by atoms with E-state index in [1.807, 2.05) is 48.5 Å². The van der Waals surface area contributed by atoms with Gasteiger partial charge < -0.3 is 10.5 Å². The van der Waals surface area contributed by atoms with Gasteiger partial charge in [0.15, 0.2) is 0 Å². The lowest BCUT2D eigenvalue weighted by Crippen LogP contribution is -2.00. The van der Waals surface area contributed by atoms with E-state index < -0.39 is 0 Å². The Morgan fingerprint density at radius 1 is 1.14 bits per heavy atom. The molecule has 0 bridgehead atoms. The molecule has 0 atom stereocenters. The zero-order chi connectivity index (χ0) is 14.7. The maximum Gasteiger partial charge on any atom is 0.341 e. The summed E-state index contributed by atoms with van der Waals surface area (Å²) >= 11 is 3.41. The van der Waals surface area contributed by atoms with Crippen molar-refractivity contribution in [3.05, 3.63) is 64.9 Å². The van der Waals surface area contributed by atoms with Crippen molar-refractivity contribution in [2.45, 2.75) is 6.54 Å². The summed E-state index contributed by atoms with van der Waals surface area (Å²) in [5.74, 6) is 0.651. The minimum atomic E-state index is 0.284. The molecular weight excluding hydrogens is 332 g/mol. The highest BCUT2D eigenvalue weighted by molar-refractivity contribution is 9.10. The maximum absolute atomic E-state index is 5.73. The monoisotopic (exact) mass is 344 g/mol. The molecule has 0 unspecified atom stereocenters. The molecule has 0 saturated heterocycles. The summed E-state index contributed by atoms with van der Waals surface area (Å²) in [5.41, 5.74) is 7.53. The molecule has 21 heavy (non-hydrogen) atoms. The molecule has 3 rings (SSSR count). The van der Waals surface area contributed by atoms with Crippen molar-refractivity contribution in [1.29, 1.82) is 0 Å². The van der Waals surface area contributed by atoms with Crippen LogP contribution < -0.4 is 10.5 Å². The van der Waals surface area contributed by atoms with Crippen molar-refractivity contribution in [2.75, 3.05) is 0 Å². The van der Waals surface area contributed by atoms with Gasteiger partial charge in [-0.15, -0.1) is 5.10 Å². The number of hydrogen-bond donors (Lipinski definition) is 1. The molecule has 6 heteroatoms. The third-order valence-electron chi connectivity index (χ3n) is 2.94. The van der Waals surface area contributed by atoms with E-state index in [9.17, 15) is 0 Å². The van der Waals surface area contributed by atoms with E-state index in [2.05, 4.69) is 26.0 Å². The van der Waals surface area contributed by atoms with Crippen LogP contribution in [0.1, 0.15) is 5.56 Å². The number of aromatic nitrogens is 3. The maximum atomic E-state index is 5.73. The lowest BCUT2D eigenvalue weighted by atomic mass is 10.2. The summed E-state index contributed by atoms with van der Waals surface area (Å²) in [6.07, 6.45) is 1.62. The summed E-state index contributed by atoms with van der Waals surface area (Å²) in [4.78, 5) is 4.17. The fraction of sp³-hybridized carbons (Fsp3) is 0.0667. The smallest absolute Gasteiger partial charge is 0.341 e.